The van der Waals surface area contributed by atoms with Crippen LogP contribution in [0.3, 0.4) is 0 Å². The van der Waals surface area contributed by atoms with E-state index >= 15 is 0 Å². The number of rotatable bonds is 3. The molecular formula is C20H19N3O. The average Bonchev–Trinajstić information content (AvgIpc) is 3.37. The normalized spacial score (nSPS) is 15.2. The minimum atomic E-state index is -0.206. The molecule has 4 nitrogen and oxygen atoms in total. The van der Waals surface area contributed by atoms with E-state index < -0.39 is 0 Å². The topological polar surface area (TPSA) is 54.9 Å². The molecule has 0 aliphatic heterocycles. The van der Waals surface area contributed by atoms with Crippen molar-refractivity contribution < 1.29 is 4.79 Å². The van der Waals surface area contributed by atoms with Crippen LogP contribution in [-0.4, -0.2) is 15.9 Å². The largest absolute Gasteiger partial charge is 0.343 e. The van der Waals surface area contributed by atoms with E-state index in [0.717, 1.165) is 35.3 Å². The van der Waals surface area contributed by atoms with Crippen LogP contribution in [0.4, 0.5) is 0 Å². The molecular weight excluding hydrogens is 298 g/mol. The smallest absolute Gasteiger partial charge is 0.252 e. The molecule has 1 N–H and O–H groups in total. The molecule has 1 aliphatic rings. The molecule has 0 atom stereocenters. The molecule has 1 saturated carbocycles. The fourth-order valence-electron chi connectivity index (χ4n) is 3.03. The summed E-state index contributed by atoms with van der Waals surface area (Å²) in [5.41, 5.74) is 4.98. The van der Waals surface area contributed by atoms with Gasteiger partial charge >= 0.3 is 0 Å². The molecule has 24 heavy (non-hydrogen) atoms. The third-order valence-corrected chi connectivity index (χ3v) is 4.77. The van der Waals surface area contributed by atoms with Crippen LogP contribution in [-0.2, 0) is 5.54 Å². The first kappa shape index (κ1) is 14.8. The Kier molecular flexibility index (Phi) is 3.34. The third kappa shape index (κ3) is 2.54. The molecule has 0 spiro atoms. The second-order valence-corrected chi connectivity index (χ2v) is 6.50. The molecule has 3 aromatic rings. The fourth-order valence-corrected chi connectivity index (χ4v) is 3.03. The lowest BCUT2D eigenvalue weighted by atomic mass is 10.0. The molecule has 1 amide bonds. The SMILES string of the molecule is Cc1nc2ccc(C(=O)NC3(c4ccccc4)CC3)cc2nc1C. The first-order chi connectivity index (χ1) is 11.6. The van der Waals surface area contributed by atoms with Crippen molar-refractivity contribution in [2.45, 2.75) is 32.2 Å². The fraction of sp³-hybridized carbons (Fsp3) is 0.250. The molecule has 1 fully saturated rings. The van der Waals surface area contributed by atoms with Gasteiger partial charge in [-0.15, -0.1) is 0 Å². The van der Waals surface area contributed by atoms with Gasteiger partial charge < -0.3 is 5.32 Å². The highest BCUT2D eigenvalue weighted by Crippen LogP contribution is 2.45. The Balaban J connectivity index is 1.63. The zero-order chi connectivity index (χ0) is 16.7. The van der Waals surface area contributed by atoms with Gasteiger partial charge in [0.15, 0.2) is 0 Å². The second-order valence-electron chi connectivity index (χ2n) is 6.50. The number of aryl methyl sites for hydroxylation is 2. The van der Waals surface area contributed by atoms with Gasteiger partial charge in [0, 0.05) is 5.56 Å². The number of nitrogens with one attached hydrogen (secondary N) is 1. The summed E-state index contributed by atoms with van der Waals surface area (Å²) in [6.07, 6.45) is 1.96. The summed E-state index contributed by atoms with van der Waals surface area (Å²) in [7, 11) is 0. The molecule has 1 aliphatic carbocycles. The maximum absolute atomic E-state index is 12.7. The van der Waals surface area contributed by atoms with Gasteiger partial charge in [0.1, 0.15) is 0 Å². The highest BCUT2D eigenvalue weighted by Gasteiger charge is 2.45. The van der Waals surface area contributed by atoms with Gasteiger partial charge in [-0.3, -0.25) is 4.79 Å². The van der Waals surface area contributed by atoms with Crippen LogP contribution in [0, 0.1) is 13.8 Å². The first-order valence-electron chi connectivity index (χ1n) is 8.20. The molecule has 0 radical (unpaired) electrons. The van der Waals surface area contributed by atoms with E-state index in [1.165, 1.54) is 5.56 Å². The van der Waals surface area contributed by atoms with E-state index in [2.05, 4.69) is 27.4 Å². The Morgan fingerprint density at radius 2 is 1.62 bits per heavy atom. The monoisotopic (exact) mass is 317 g/mol. The molecule has 4 rings (SSSR count). The molecule has 0 bridgehead atoms. The van der Waals surface area contributed by atoms with Gasteiger partial charge in [0.2, 0.25) is 0 Å². The number of benzene rings is 2. The van der Waals surface area contributed by atoms with E-state index in [1.807, 2.05) is 50.2 Å². The van der Waals surface area contributed by atoms with Gasteiger partial charge in [-0.2, -0.15) is 0 Å². The van der Waals surface area contributed by atoms with E-state index in [0.29, 0.717) is 5.56 Å². The number of carbonyl (C=O) groups is 1. The predicted molar refractivity (Wildman–Crippen MR) is 93.8 cm³/mol. The van der Waals surface area contributed by atoms with Crippen molar-refractivity contribution in [1.29, 1.82) is 0 Å². The first-order valence-corrected chi connectivity index (χ1v) is 8.20. The van der Waals surface area contributed by atoms with Crippen molar-refractivity contribution in [2.24, 2.45) is 0 Å². The minimum absolute atomic E-state index is 0.0571. The lowest BCUT2D eigenvalue weighted by Crippen LogP contribution is -2.34. The zero-order valence-electron chi connectivity index (χ0n) is 13.8. The summed E-state index contributed by atoms with van der Waals surface area (Å²) in [4.78, 5) is 21.8. The minimum Gasteiger partial charge on any atom is -0.343 e. The van der Waals surface area contributed by atoms with Gasteiger partial charge in [-0.1, -0.05) is 30.3 Å². The zero-order valence-corrected chi connectivity index (χ0v) is 13.8. The maximum atomic E-state index is 12.7. The molecule has 4 heteroatoms. The Hall–Kier alpha value is -2.75. The summed E-state index contributed by atoms with van der Waals surface area (Å²) in [6, 6.07) is 15.7. The lowest BCUT2D eigenvalue weighted by Gasteiger charge is -2.18. The lowest BCUT2D eigenvalue weighted by molar-refractivity contribution is 0.0931. The van der Waals surface area contributed by atoms with E-state index in [-0.39, 0.29) is 11.4 Å². The van der Waals surface area contributed by atoms with Crippen LogP contribution < -0.4 is 5.32 Å². The number of amides is 1. The van der Waals surface area contributed by atoms with Crippen LogP contribution in [0.15, 0.2) is 48.5 Å². The van der Waals surface area contributed by atoms with E-state index in [9.17, 15) is 4.79 Å². The number of nitrogens with zero attached hydrogens (tertiary/aromatic N) is 2. The quantitative estimate of drug-likeness (QED) is 0.802. The van der Waals surface area contributed by atoms with Crippen molar-refractivity contribution in [3.63, 3.8) is 0 Å². The second kappa shape index (κ2) is 5.41. The number of aromatic nitrogens is 2. The van der Waals surface area contributed by atoms with E-state index in [1.54, 1.807) is 0 Å². The third-order valence-electron chi connectivity index (χ3n) is 4.77. The number of carbonyl (C=O) groups excluding carboxylic acids is 1. The molecule has 2 aromatic carbocycles. The summed E-state index contributed by atoms with van der Waals surface area (Å²) in [5, 5.41) is 3.20. The summed E-state index contributed by atoms with van der Waals surface area (Å²) in [6.45, 7) is 3.88. The number of hydrogen-bond donors (Lipinski definition) is 1. The molecule has 0 saturated heterocycles. The number of fused-ring (bicyclic) bond motifs is 1. The molecule has 1 heterocycles. The van der Waals surface area contributed by atoms with Crippen molar-refractivity contribution in [3.8, 4) is 0 Å². The number of hydrogen-bond acceptors (Lipinski definition) is 3. The van der Waals surface area contributed by atoms with Crippen molar-refractivity contribution in [2.75, 3.05) is 0 Å². The van der Waals surface area contributed by atoms with Crippen LogP contribution in [0.2, 0.25) is 0 Å². The molecule has 1 aromatic heterocycles. The van der Waals surface area contributed by atoms with Crippen molar-refractivity contribution >= 4 is 16.9 Å². The van der Waals surface area contributed by atoms with Crippen molar-refractivity contribution in [3.05, 3.63) is 71.0 Å². The Morgan fingerprint density at radius 1 is 0.958 bits per heavy atom. The van der Waals surface area contributed by atoms with Gasteiger partial charge in [0.05, 0.1) is 28.0 Å². The Morgan fingerprint density at radius 3 is 2.29 bits per heavy atom. The molecule has 120 valence electrons. The highest BCUT2D eigenvalue weighted by molar-refractivity contribution is 5.98. The maximum Gasteiger partial charge on any atom is 0.252 e. The Bertz CT molecular complexity index is 930. The standard InChI is InChI=1S/C20H19N3O/c1-13-14(2)22-18-12-15(8-9-17(18)21-13)19(24)23-20(10-11-20)16-6-4-3-5-7-16/h3-9,12H,10-11H2,1-2H3,(H,23,24). The average molecular weight is 317 g/mol. The van der Waals surface area contributed by atoms with Crippen LogP contribution in [0.1, 0.15) is 40.2 Å². The van der Waals surface area contributed by atoms with Gasteiger partial charge in [-0.05, 0) is 50.5 Å². The summed E-state index contributed by atoms with van der Waals surface area (Å²) in [5.74, 6) is -0.0571. The van der Waals surface area contributed by atoms with Crippen molar-refractivity contribution in [1.82, 2.24) is 15.3 Å². The molecule has 0 unspecified atom stereocenters. The van der Waals surface area contributed by atoms with Crippen LogP contribution >= 0.6 is 0 Å². The summed E-state index contributed by atoms with van der Waals surface area (Å²) < 4.78 is 0. The van der Waals surface area contributed by atoms with Crippen LogP contribution in [0.25, 0.3) is 11.0 Å². The van der Waals surface area contributed by atoms with E-state index in [4.69, 9.17) is 0 Å². The van der Waals surface area contributed by atoms with Crippen LogP contribution in [0.5, 0.6) is 0 Å². The Labute approximate surface area is 141 Å². The highest BCUT2D eigenvalue weighted by atomic mass is 16.1. The van der Waals surface area contributed by atoms with Gasteiger partial charge in [-0.25, -0.2) is 9.97 Å². The predicted octanol–water partition coefficient (Wildman–Crippen LogP) is 3.67. The summed E-state index contributed by atoms with van der Waals surface area (Å²) >= 11 is 0. The van der Waals surface area contributed by atoms with Gasteiger partial charge in [0.25, 0.3) is 5.91 Å².